The van der Waals surface area contributed by atoms with Crippen LogP contribution in [0.3, 0.4) is 0 Å². The van der Waals surface area contributed by atoms with Gasteiger partial charge in [-0.3, -0.25) is 23.7 Å². The summed E-state index contributed by atoms with van der Waals surface area (Å²) in [6, 6.07) is 9.23. The molecule has 2 amide bonds. The Kier molecular flexibility index (Phi) is 8.03. The summed E-state index contributed by atoms with van der Waals surface area (Å²) in [5.74, 6) is -3.46. The molecular formula is C36H37N3O11S2. The molecule has 14 nitrogen and oxygen atoms in total. The van der Waals surface area contributed by atoms with Crippen molar-refractivity contribution in [1.29, 1.82) is 0 Å². The molecule has 3 aromatic carbocycles. The van der Waals surface area contributed by atoms with Crippen LogP contribution in [0.5, 0.6) is 11.5 Å². The summed E-state index contributed by atoms with van der Waals surface area (Å²) in [6.07, 6.45) is 0.993. The van der Waals surface area contributed by atoms with Gasteiger partial charge in [0.25, 0.3) is 32.1 Å². The molecule has 2 atom stereocenters. The highest BCUT2D eigenvalue weighted by molar-refractivity contribution is 7.86. The number of amides is 2. The Morgan fingerprint density at radius 2 is 1.48 bits per heavy atom. The van der Waals surface area contributed by atoms with Crippen molar-refractivity contribution < 1.29 is 49.9 Å². The third-order valence-corrected chi connectivity index (χ3v) is 11.7. The smallest absolute Gasteiger partial charge is 0.363 e. The van der Waals surface area contributed by atoms with E-state index in [1.165, 1.54) is 24.3 Å². The highest BCUT2D eigenvalue weighted by atomic mass is 32.2. The minimum absolute atomic E-state index is 0.0175. The topological polar surface area (TPSA) is 206 Å². The van der Waals surface area contributed by atoms with Crippen molar-refractivity contribution >= 4 is 49.3 Å². The van der Waals surface area contributed by atoms with E-state index in [9.17, 15) is 40.3 Å². The van der Waals surface area contributed by atoms with Gasteiger partial charge in [-0.2, -0.15) is 16.8 Å². The SMILES string of the molecule is CC1CC(C)(C)Nc2c1cc1c(c2S(=O)(=O)O)Oc2c(S(=O)(=O)O)c3c(cc2=C1c1ccc(C(=O)ON2C(=O)CCC2=O)cc1)C(C)CC(C)(C)N=3. The van der Waals surface area contributed by atoms with Crippen LogP contribution in [-0.2, 0) is 34.7 Å². The number of anilines is 1. The summed E-state index contributed by atoms with van der Waals surface area (Å²) in [6.45, 7) is 11.2. The fourth-order valence-corrected chi connectivity index (χ4v) is 9.58. The van der Waals surface area contributed by atoms with Crippen LogP contribution in [0.15, 0.2) is 51.2 Å². The average Bonchev–Trinajstić information content (AvgIpc) is 3.32. The maximum atomic E-state index is 13.3. The summed E-state index contributed by atoms with van der Waals surface area (Å²) in [5.41, 5.74) is 0.693. The van der Waals surface area contributed by atoms with Gasteiger partial charge in [-0.15, -0.1) is 5.06 Å². The van der Waals surface area contributed by atoms with Crippen LogP contribution in [0, 0.1) is 0 Å². The number of ether oxygens (including phenoxy) is 1. The first-order chi connectivity index (χ1) is 24.1. The molecule has 0 aromatic heterocycles. The maximum Gasteiger partial charge on any atom is 0.363 e. The minimum atomic E-state index is -5.08. The van der Waals surface area contributed by atoms with Gasteiger partial charge < -0.3 is 14.9 Å². The molecule has 4 heterocycles. The van der Waals surface area contributed by atoms with Crippen LogP contribution in [0.1, 0.15) is 112 Å². The normalized spacial score (nSPS) is 21.5. The molecule has 0 radical (unpaired) electrons. The molecule has 2 unspecified atom stereocenters. The average molecular weight is 752 g/mol. The van der Waals surface area contributed by atoms with Gasteiger partial charge in [-0.25, -0.2) is 4.79 Å². The van der Waals surface area contributed by atoms with Crippen LogP contribution in [-0.4, -0.2) is 59.9 Å². The lowest BCUT2D eigenvalue weighted by atomic mass is 9.79. The molecule has 0 bridgehead atoms. The highest BCUT2D eigenvalue weighted by Crippen LogP contribution is 2.51. The third-order valence-electron chi connectivity index (χ3n) is 9.92. The quantitative estimate of drug-likeness (QED) is 0.192. The molecule has 0 saturated carbocycles. The summed E-state index contributed by atoms with van der Waals surface area (Å²) in [7, 11) is -10.1. The van der Waals surface area contributed by atoms with E-state index in [1.54, 1.807) is 12.1 Å². The number of nitrogens with one attached hydrogen (secondary N) is 1. The van der Waals surface area contributed by atoms with Gasteiger partial charge in [0, 0.05) is 34.7 Å². The zero-order valence-corrected chi connectivity index (χ0v) is 30.9. The van der Waals surface area contributed by atoms with E-state index < -0.39 is 58.9 Å². The summed E-state index contributed by atoms with van der Waals surface area (Å²) >= 11 is 0. The lowest BCUT2D eigenvalue weighted by Crippen LogP contribution is -2.39. The van der Waals surface area contributed by atoms with Crippen molar-refractivity contribution in [2.45, 2.75) is 99.9 Å². The fraction of sp³-hybridized carbons (Fsp3) is 0.389. The molecule has 52 heavy (non-hydrogen) atoms. The van der Waals surface area contributed by atoms with Gasteiger partial charge in [-0.1, -0.05) is 26.0 Å². The van der Waals surface area contributed by atoms with Crippen molar-refractivity contribution in [2.75, 3.05) is 5.32 Å². The number of carbonyl (C=O) groups excluding carboxylic acids is 3. The van der Waals surface area contributed by atoms with E-state index in [4.69, 9.17) is 14.6 Å². The van der Waals surface area contributed by atoms with Gasteiger partial charge in [0.2, 0.25) is 0 Å². The summed E-state index contributed by atoms with van der Waals surface area (Å²) in [4.78, 5) is 45.6. The molecule has 1 fully saturated rings. The van der Waals surface area contributed by atoms with Crippen molar-refractivity contribution in [3.63, 3.8) is 0 Å². The van der Waals surface area contributed by atoms with E-state index in [-0.39, 0.29) is 69.1 Å². The molecule has 3 N–H and O–H groups in total. The second-order valence-corrected chi connectivity index (χ2v) is 17.9. The zero-order chi connectivity index (χ0) is 37.9. The zero-order valence-electron chi connectivity index (χ0n) is 29.2. The third kappa shape index (κ3) is 5.96. The van der Waals surface area contributed by atoms with Crippen LogP contribution >= 0.6 is 0 Å². The van der Waals surface area contributed by atoms with Gasteiger partial charge >= 0.3 is 5.97 Å². The Morgan fingerprint density at radius 1 is 0.885 bits per heavy atom. The molecule has 3 aromatic rings. The van der Waals surface area contributed by atoms with Crippen molar-refractivity contribution in [3.8, 4) is 11.5 Å². The minimum Gasteiger partial charge on any atom is -0.453 e. The Bertz CT molecular complexity index is 2470. The molecule has 1 saturated heterocycles. The number of hydrogen-bond acceptors (Lipinski definition) is 11. The van der Waals surface area contributed by atoms with E-state index in [1.807, 2.05) is 41.5 Å². The number of hydroxylamine groups is 2. The first kappa shape index (κ1) is 35.7. The van der Waals surface area contributed by atoms with E-state index >= 15 is 0 Å². The Morgan fingerprint density at radius 3 is 2.08 bits per heavy atom. The van der Waals surface area contributed by atoms with Crippen LogP contribution in [0.25, 0.3) is 5.57 Å². The second kappa shape index (κ2) is 11.7. The monoisotopic (exact) mass is 751 g/mol. The van der Waals surface area contributed by atoms with Crippen LogP contribution in [0.2, 0.25) is 0 Å². The molecular weight excluding hydrogens is 715 g/mol. The number of imide groups is 1. The Hall–Kier alpha value is -4.64. The predicted octanol–water partition coefficient (Wildman–Crippen LogP) is 4.36. The predicted molar refractivity (Wildman–Crippen MR) is 186 cm³/mol. The maximum absolute atomic E-state index is 13.3. The molecule has 4 aliphatic rings. The van der Waals surface area contributed by atoms with Crippen molar-refractivity contribution in [1.82, 2.24) is 5.06 Å². The largest absolute Gasteiger partial charge is 0.453 e. The van der Waals surface area contributed by atoms with E-state index in [0.717, 1.165) is 0 Å². The van der Waals surface area contributed by atoms with Gasteiger partial charge in [0.05, 0.1) is 22.1 Å². The molecule has 0 aliphatic carbocycles. The van der Waals surface area contributed by atoms with Gasteiger partial charge in [0.1, 0.15) is 0 Å². The lowest BCUT2D eigenvalue weighted by molar-refractivity contribution is -0.172. The van der Waals surface area contributed by atoms with Gasteiger partial charge in [-0.05, 0) is 93.3 Å². The van der Waals surface area contributed by atoms with E-state index in [2.05, 4.69) is 5.32 Å². The number of hydrogen-bond donors (Lipinski definition) is 3. The fourth-order valence-electron chi connectivity index (χ4n) is 7.98. The van der Waals surface area contributed by atoms with Crippen LogP contribution < -0.4 is 20.6 Å². The Balaban J connectivity index is 1.56. The molecule has 0 spiro atoms. The molecule has 7 rings (SSSR count). The van der Waals surface area contributed by atoms with Gasteiger partial charge in [0.15, 0.2) is 21.3 Å². The standard InChI is InChI=1S/C36H37N3O11S2/c1-17-15-35(3,4)37-28-21(17)13-23-27(19-7-9-20(10-8-19)34(42)50-39-25(40)11-12-26(39)41)24-14-22-18(2)16-36(5,6)38-29(22)33(52(46,47)48)31(24)49-30(23)32(28)51(43,44)45/h7-10,13-14,17-18,37H,11-12,15-16H2,1-6H3,(H,43,44,45)(H,46,47,48). The van der Waals surface area contributed by atoms with Crippen molar-refractivity contribution in [3.05, 3.63) is 74.8 Å². The second-order valence-electron chi connectivity index (χ2n) is 15.2. The molecule has 16 heteroatoms. The lowest BCUT2D eigenvalue weighted by Gasteiger charge is -2.39. The first-order valence-electron chi connectivity index (χ1n) is 16.7. The van der Waals surface area contributed by atoms with Crippen LogP contribution in [0.4, 0.5) is 5.69 Å². The Labute approximate surface area is 300 Å². The summed E-state index contributed by atoms with van der Waals surface area (Å²) in [5, 5.41) is 3.83. The molecule has 274 valence electrons. The number of benzene rings is 3. The van der Waals surface area contributed by atoms with Crippen molar-refractivity contribution in [2.24, 2.45) is 4.99 Å². The first-order valence-corrected chi connectivity index (χ1v) is 19.6. The molecule has 4 aliphatic heterocycles. The number of nitrogens with zero attached hydrogens (tertiary/aromatic N) is 2. The number of rotatable bonds is 5. The highest BCUT2D eigenvalue weighted by Gasteiger charge is 2.41. The summed E-state index contributed by atoms with van der Waals surface area (Å²) < 4.78 is 81.2. The number of fused-ring (bicyclic) bond motifs is 4. The van der Waals surface area contributed by atoms with E-state index in [0.29, 0.717) is 34.6 Å². The number of carbonyl (C=O) groups is 3.